The van der Waals surface area contributed by atoms with Crippen LogP contribution >= 0.6 is 0 Å². The second-order valence-electron chi connectivity index (χ2n) is 6.22. The lowest BCUT2D eigenvalue weighted by molar-refractivity contribution is 0.355. The van der Waals surface area contributed by atoms with Crippen molar-refractivity contribution in [1.82, 2.24) is 20.3 Å². The van der Waals surface area contributed by atoms with Crippen molar-refractivity contribution in [3.63, 3.8) is 0 Å². The zero-order valence-electron chi connectivity index (χ0n) is 16.2. The second kappa shape index (κ2) is 8.01. The number of hydrogen-bond acceptors (Lipinski definition) is 9. The molecule has 4 rings (SSSR count). The van der Waals surface area contributed by atoms with E-state index in [1.807, 2.05) is 48.3 Å². The molecule has 4 aromatic rings. The van der Waals surface area contributed by atoms with E-state index in [1.165, 1.54) is 0 Å². The Morgan fingerprint density at radius 1 is 1.03 bits per heavy atom. The van der Waals surface area contributed by atoms with Gasteiger partial charge >= 0.3 is 0 Å². The molecular formula is C20H19N5O4. The van der Waals surface area contributed by atoms with E-state index in [-0.39, 0.29) is 0 Å². The van der Waals surface area contributed by atoms with Gasteiger partial charge in [0.2, 0.25) is 5.82 Å². The van der Waals surface area contributed by atoms with Gasteiger partial charge in [-0.05, 0) is 24.3 Å². The fraction of sp³-hybridized carbons (Fsp3) is 0.200. The summed E-state index contributed by atoms with van der Waals surface area (Å²) in [5.41, 5.74) is 2.22. The highest BCUT2D eigenvalue weighted by atomic mass is 16.5. The monoisotopic (exact) mass is 393 g/mol. The van der Waals surface area contributed by atoms with Crippen LogP contribution in [0.4, 0.5) is 5.82 Å². The van der Waals surface area contributed by atoms with Crippen LogP contribution in [0.15, 0.2) is 57.9 Å². The van der Waals surface area contributed by atoms with Crippen LogP contribution in [-0.2, 0) is 6.54 Å². The molecule has 0 bridgehead atoms. The number of ether oxygens (including phenoxy) is 2. The summed E-state index contributed by atoms with van der Waals surface area (Å²) in [4.78, 5) is 10.9. The predicted octanol–water partition coefficient (Wildman–Crippen LogP) is 3.44. The van der Waals surface area contributed by atoms with Crippen molar-refractivity contribution in [2.45, 2.75) is 6.54 Å². The number of rotatable bonds is 7. The number of methoxy groups -OCH3 is 2. The molecule has 9 heteroatoms. The van der Waals surface area contributed by atoms with E-state index < -0.39 is 0 Å². The van der Waals surface area contributed by atoms with Crippen LogP contribution in [0, 0.1) is 0 Å². The SMILES string of the molecule is COc1cccc(-c2noc(-c3ccc(N(C)Cc4ccon4)nc3)n2)c1OC. The minimum atomic E-state index is 0.364. The van der Waals surface area contributed by atoms with Crippen LogP contribution in [0.5, 0.6) is 11.5 Å². The number of para-hydroxylation sites is 1. The van der Waals surface area contributed by atoms with E-state index in [0.717, 1.165) is 11.5 Å². The van der Waals surface area contributed by atoms with Crippen molar-refractivity contribution in [1.29, 1.82) is 0 Å². The standard InChI is InChI=1S/C20H19N5O4/c1-25(12-14-9-10-28-23-14)17-8-7-13(11-21-17)20-22-19(24-29-20)15-5-4-6-16(26-2)18(15)27-3/h4-11H,12H2,1-3H3. The van der Waals surface area contributed by atoms with Crippen LogP contribution in [-0.4, -0.2) is 41.5 Å². The van der Waals surface area contributed by atoms with Crippen LogP contribution in [0.2, 0.25) is 0 Å². The third kappa shape index (κ3) is 3.75. The molecule has 3 heterocycles. The lowest BCUT2D eigenvalue weighted by Gasteiger charge is -2.16. The molecule has 0 fully saturated rings. The van der Waals surface area contributed by atoms with Crippen molar-refractivity contribution in [2.75, 3.05) is 26.2 Å². The second-order valence-corrected chi connectivity index (χ2v) is 6.22. The third-order valence-corrected chi connectivity index (χ3v) is 4.35. The Labute approximate surface area is 166 Å². The first-order chi connectivity index (χ1) is 14.2. The lowest BCUT2D eigenvalue weighted by atomic mass is 10.1. The number of pyridine rings is 1. The Morgan fingerprint density at radius 2 is 1.93 bits per heavy atom. The summed E-state index contributed by atoms with van der Waals surface area (Å²) in [7, 11) is 5.08. The number of hydrogen-bond donors (Lipinski definition) is 0. The van der Waals surface area contributed by atoms with Gasteiger partial charge in [-0.2, -0.15) is 4.98 Å². The van der Waals surface area contributed by atoms with Gasteiger partial charge in [0.05, 0.1) is 31.9 Å². The van der Waals surface area contributed by atoms with Crippen LogP contribution in [0.25, 0.3) is 22.8 Å². The summed E-state index contributed by atoms with van der Waals surface area (Å²) in [6.07, 6.45) is 3.24. The zero-order chi connectivity index (χ0) is 20.2. The quantitative estimate of drug-likeness (QED) is 0.467. The molecule has 0 saturated carbocycles. The van der Waals surface area contributed by atoms with Gasteiger partial charge in [-0.3, -0.25) is 0 Å². The molecule has 0 radical (unpaired) electrons. The fourth-order valence-corrected chi connectivity index (χ4v) is 2.89. The maximum Gasteiger partial charge on any atom is 0.259 e. The molecule has 3 aromatic heterocycles. The van der Waals surface area contributed by atoms with Crippen molar-refractivity contribution in [3.05, 3.63) is 54.6 Å². The summed E-state index contributed by atoms with van der Waals surface area (Å²) in [5.74, 6) is 2.69. The molecule has 0 atom stereocenters. The molecule has 0 N–H and O–H groups in total. The third-order valence-electron chi connectivity index (χ3n) is 4.35. The maximum atomic E-state index is 5.45. The summed E-state index contributed by atoms with van der Waals surface area (Å²) in [6, 6.07) is 11.1. The van der Waals surface area contributed by atoms with Gasteiger partial charge in [-0.1, -0.05) is 16.4 Å². The average molecular weight is 393 g/mol. The molecule has 0 aliphatic heterocycles. The number of nitrogens with zero attached hydrogens (tertiary/aromatic N) is 5. The first-order valence-electron chi connectivity index (χ1n) is 8.81. The molecule has 0 aliphatic carbocycles. The van der Waals surface area contributed by atoms with Crippen molar-refractivity contribution in [3.8, 4) is 34.3 Å². The van der Waals surface area contributed by atoms with Gasteiger partial charge in [-0.15, -0.1) is 0 Å². The van der Waals surface area contributed by atoms with E-state index in [2.05, 4.69) is 20.3 Å². The van der Waals surface area contributed by atoms with E-state index in [1.54, 1.807) is 26.7 Å². The first kappa shape index (κ1) is 18.5. The molecule has 148 valence electrons. The molecule has 0 unspecified atom stereocenters. The summed E-state index contributed by atoms with van der Waals surface area (Å²) >= 11 is 0. The van der Waals surface area contributed by atoms with Crippen LogP contribution in [0.3, 0.4) is 0 Å². The van der Waals surface area contributed by atoms with E-state index in [0.29, 0.717) is 40.9 Å². The maximum absolute atomic E-state index is 5.45. The number of benzene rings is 1. The van der Waals surface area contributed by atoms with E-state index in [4.69, 9.17) is 18.5 Å². The van der Waals surface area contributed by atoms with Gasteiger partial charge in [0.1, 0.15) is 17.8 Å². The molecule has 9 nitrogen and oxygen atoms in total. The van der Waals surface area contributed by atoms with Gasteiger partial charge in [0.25, 0.3) is 5.89 Å². The Kier molecular flexibility index (Phi) is 5.10. The highest BCUT2D eigenvalue weighted by Gasteiger charge is 2.18. The summed E-state index contributed by atoms with van der Waals surface area (Å²) < 4.78 is 21.1. The first-order valence-corrected chi connectivity index (χ1v) is 8.81. The van der Waals surface area contributed by atoms with Crippen molar-refractivity contribution < 1.29 is 18.5 Å². The van der Waals surface area contributed by atoms with Gasteiger partial charge in [-0.25, -0.2) is 4.98 Å². The molecule has 0 aliphatic rings. The molecule has 0 saturated heterocycles. The Hall–Kier alpha value is -3.88. The van der Waals surface area contributed by atoms with E-state index in [9.17, 15) is 0 Å². The topological polar surface area (TPSA) is 99.5 Å². The normalized spacial score (nSPS) is 10.7. The molecular weight excluding hydrogens is 374 g/mol. The molecule has 29 heavy (non-hydrogen) atoms. The minimum absolute atomic E-state index is 0.364. The van der Waals surface area contributed by atoms with Crippen molar-refractivity contribution >= 4 is 5.82 Å². The largest absolute Gasteiger partial charge is 0.493 e. The Balaban J connectivity index is 1.56. The Morgan fingerprint density at radius 3 is 2.62 bits per heavy atom. The predicted molar refractivity (Wildman–Crippen MR) is 105 cm³/mol. The average Bonchev–Trinajstić information content (AvgIpc) is 3.45. The highest BCUT2D eigenvalue weighted by Crippen LogP contribution is 2.37. The fourth-order valence-electron chi connectivity index (χ4n) is 2.89. The summed E-state index contributed by atoms with van der Waals surface area (Å²) in [5, 5.41) is 7.98. The van der Waals surface area contributed by atoms with Gasteiger partial charge < -0.3 is 23.4 Å². The minimum Gasteiger partial charge on any atom is -0.493 e. The van der Waals surface area contributed by atoms with Gasteiger partial charge in [0, 0.05) is 19.3 Å². The summed E-state index contributed by atoms with van der Waals surface area (Å²) in [6.45, 7) is 0.586. The lowest BCUT2D eigenvalue weighted by Crippen LogP contribution is -2.17. The zero-order valence-corrected chi connectivity index (χ0v) is 16.2. The van der Waals surface area contributed by atoms with Gasteiger partial charge in [0.15, 0.2) is 11.5 Å². The molecule has 1 aromatic carbocycles. The smallest absolute Gasteiger partial charge is 0.259 e. The van der Waals surface area contributed by atoms with E-state index >= 15 is 0 Å². The highest BCUT2D eigenvalue weighted by molar-refractivity contribution is 5.69. The molecule has 0 amide bonds. The number of anilines is 1. The Bertz CT molecular complexity index is 1080. The molecule has 0 spiro atoms. The van der Waals surface area contributed by atoms with Crippen LogP contribution < -0.4 is 14.4 Å². The number of aromatic nitrogens is 4. The van der Waals surface area contributed by atoms with Crippen LogP contribution in [0.1, 0.15) is 5.69 Å². The van der Waals surface area contributed by atoms with Crippen molar-refractivity contribution in [2.24, 2.45) is 0 Å².